The van der Waals surface area contributed by atoms with Crippen LogP contribution in [-0.4, -0.2) is 16.6 Å². The molecule has 24 heavy (non-hydrogen) atoms. The Morgan fingerprint density at radius 3 is 2.33 bits per heavy atom. The molecular weight excluding hydrogens is 302 g/mol. The van der Waals surface area contributed by atoms with Gasteiger partial charge in [-0.25, -0.2) is 4.98 Å². The molecule has 4 heteroatoms. The molecule has 2 aromatic rings. The van der Waals surface area contributed by atoms with E-state index in [9.17, 15) is 9.59 Å². The molecular formula is C20H21NO3. The van der Waals surface area contributed by atoms with Crippen molar-refractivity contribution in [1.29, 1.82) is 0 Å². The Morgan fingerprint density at radius 1 is 0.917 bits per heavy atom. The highest BCUT2D eigenvalue weighted by molar-refractivity contribution is 6.24. The van der Waals surface area contributed by atoms with Crippen LogP contribution in [0, 0.1) is 6.92 Å². The van der Waals surface area contributed by atoms with Gasteiger partial charge in [-0.3, -0.25) is 9.59 Å². The molecule has 0 atom stereocenters. The summed E-state index contributed by atoms with van der Waals surface area (Å²) in [5.41, 5.74) is 5.09. The number of fused-ring (bicyclic) bond motifs is 1. The molecule has 0 radical (unpaired) electrons. The van der Waals surface area contributed by atoms with Crippen molar-refractivity contribution in [2.24, 2.45) is 0 Å². The first-order valence-corrected chi connectivity index (χ1v) is 8.21. The van der Waals surface area contributed by atoms with Gasteiger partial charge < -0.3 is 4.42 Å². The maximum atomic E-state index is 12.4. The van der Waals surface area contributed by atoms with Crippen LogP contribution in [0.25, 0.3) is 11.1 Å². The van der Waals surface area contributed by atoms with Gasteiger partial charge in [0.15, 0.2) is 23.0 Å². The largest absolute Gasteiger partial charge is 0.440 e. The van der Waals surface area contributed by atoms with Crippen LogP contribution in [0.3, 0.4) is 0 Å². The highest BCUT2D eigenvalue weighted by Crippen LogP contribution is 2.28. The van der Waals surface area contributed by atoms with Crippen molar-refractivity contribution in [1.82, 2.24) is 4.98 Å². The number of benzene rings is 1. The van der Waals surface area contributed by atoms with Gasteiger partial charge in [0.2, 0.25) is 0 Å². The van der Waals surface area contributed by atoms with Crippen molar-refractivity contribution in [3.05, 3.63) is 51.9 Å². The van der Waals surface area contributed by atoms with Crippen molar-refractivity contribution in [2.75, 3.05) is 0 Å². The number of carbonyl (C=O) groups excluding carboxylic acids is 2. The van der Waals surface area contributed by atoms with Gasteiger partial charge in [-0.05, 0) is 52.2 Å². The monoisotopic (exact) mass is 323 g/mol. The lowest BCUT2D eigenvalue weighted by Gasteiger charge is -2.18. The summed E-state index contributed by atoms with van der Waals surface area (Å²) in [7, 11) is 0. The minimum Gasteiger partial charge on any atom is -0.440 e. The normalized spacial score (nSPS) is 15.8. The number of allylic oxidation sites excluding steroid dienone is 4. The van der Waals surface area contributed by atoms with E-state index in [0.717, 1.165) is 23.1 Å². The van der Waals surface area contributed by atoms with Crippen LogP contribution >= 0.6 is 0 Å². The number of nitrogens with zero attached hydrogens (tertiary/aromatic N) is 1. The van der Waals surface area contributed by atoms with E-state index in [1.807, 2.05) is 25.1 Å². The summed E-state index contributed by atoms with van der Waals surface area (Å²) >= 11 is 0. The molecule has 1 aromatic carbocycles. The third-order valence-electron chi connectivity index (χ3n) is 4.78. The summed E-state index contributed by atoms with van der Waals surface area (Å²) in [6.45, 7) is 7.19. The minimum atomic E-state index is -0.0143. The zero-order chi connectivity index (χ0) is 17.4. The molecule has 0 unspecified atom stereocenters. The number of aromatic nitrogens is 1. The third-order valence-corrected chi connectivity index (χ3v) is 4.78. The molecule has 1 aliphatic carbocycles. The summed E-state index contributed by atoms with van der Waals surface area (Å²) < 4.78 is 5.81. The van der Waals surface area contributed by atoms with Gasteiger partial charge in [-0.15, -0.1) is 0 Å². The standard InChI is InChI=1S/C20H21NO3/c1-11-7-5-9-16-20(11)24-17(21-16)10-6-8-15-14(4)18(22)12(2)13(3)19(15)23/h5,7,9H,6,8,10H2,1-4H3. The molecule has 0 aliphatic heterocycles. The number of ketones is 2. The second-order valence-corrected chi connectivity index (χ2v) is 6.40. The van der Waals surface area contributed by atoms with Crippen molar-refractivity contribution in [3.8, 4) is 0 Å². The fourth-order valence-corrected chi connectivity index (χ4v) is 3.11. The SMILES string of the molecule is CC1=C(C)C(=O)C(CCCc2nc3cccc(C)c3o2)=C(C)C1=O. The maximum absolute atomic E-state index is 12.4. The second kappa shape index (κ2) is 6.19. The first-order chi connectivity index (χ1) is 11.4. The number of para-hydroxylation sites is 1. The number of rotatable bonds is 4. The maximum Gasteiger partial charge on any atom is 0.195 e. The Balaban J connectivity index is 1.73. The predicted molar refractivity (Wildman–Crippen MR) is 92.8 cm³/mol. The molecule has 0 amide bonds. The molecule has 1 heterocycles. The van der Waals surface area contributed by atoms with E-state index in [0.29, 0.717) is 41.0 Å². The molecule has 0 spiro atoms. The third kappa shape index (κ3) is 2.73. The minimum absolute atomic E-state index is 0.00184. The lowest BCUT2D eigenvalue weighted by atomic mass is 9.84. The van der Waals surface area contributed by atoms with E-state index >= 15 is 0 Å². The van der Waals surface area contributed by atoms with Crippen LogP contribution in [0.1, 0.15) is 45.1 Å². The lowest BCUT2D eigenvalue weighted by molar-refractivity contribution is -0.116. The highest BCUT2D eigenvalue weighted by atomic mass is 16.3. The average Bonchev–Trinajstić information content (AvgIpc) is 2.99. The van der Waals surface area contributed by atoms with E-state index in [1.54, 1.807) is 20.8 Å². The molecule has 0 saturated heterocycles. The summed E-state index contributed by atoms with van der Waals surface area (Å²) in [5, 5.41) is 0. The van der Waals surface area contributed by atoms with Crippen LogP contribution < -0.4 is 0 Å². The quantitative estimate of drug-likeness (QED) is 0.789. The van der Waals surface area contributed by atoms with E-state index in [-0.39, 0.29) is 11.6 Å². The van der Waals surface area contributed by atoms with Crippen LogP contribution in [-0.2, 0) is 16.0 Å². The first-order valence-electron chi connectivity index (χ1n) is 8.21. The van der Waals surface area contributed by atoms with Gasteiger partial charge in [0.05, 0.1) is 0 Å². The van der Waals surface area contributed by atoms with E-state index in [4.69, 9.17) is 4.42 Å². The summed E-state index contributed by atoms with van der Waals surface area (Å²) in [6, 6.07) is 5.89. The van der Waals surface area contributed by atoms with E-state index in [2.05, 4.69) is 4.98 Å². The molecule has 3 rings (SSSR count). The van der Waals surface area contributed by atoms with Gasteiger partial charge in [0.1, 0.15) is 5.52 Å². The molecule has 0 N–H and O–H groups in total. The molecule has 4 nitrogen and oxygen atoms in total. The number of oxazole rings is 1. The predicted octanol–water partition coefficient (Wildman–Crippen LogP) is 4.26. The average molecular weight is 323 g/mol. The zero-order valence-corrected chi connectivity index (χ0v) is 14.5. The summed E-state index contributed by atoms with van der Waals surface area (Å²) in [6.07, 6.45) is 1.94. The summed E-state index contributed by atoms with van der Waals surface area (Å²) in [4.78, 5) is 29.1. The first kappa shape index (κ1) is 16.4. The van der Waals surface area contributed by atoms with Crippen LogP contribution in [0.2, 0.25) is 0 Å². The van der Waals surface area contributed by atoms with Gasteiger partial charge in [-0.2, -0.15) is 0 Å². The van der Waals surface area contributed by atoms with Gasteiger partial charge in [0.25, 0.3) is 0 Å². The molecule has 0 bridgehead atoms. The molecule has 0 fully saturated rings. The number of aryl methyl sites for hydroxylation is 2. The topological polar surface area (TPSA) is 60.2 Å². The summed E-state index contributed by atoms with van der Waals surface area (Å²) in [5.74, 6) is 0.660. The van der Waals surface area contributed by atoms with Crippen molar-refractivity contribution < 1.29 is 14.0 Å². The number of carbonyl (C=O) groups is 2. The van der Waals surface area contributed by atoms with Crippen molar-refractivity contribution in [2.45, 2.75) is 47.0 Å². The fourth-order valence-electron chi connectivity index (χ4n) is 3.11. The van der Waals surface area contributed by atoms with Gasteiger partial charge in [0, 0.05) is 28.7 Å². The second-order valence-electron chi connectivity index (χ2n) is 6.40. The van der Waals surface area contributed by atoms with Gasteiger partial charge >= 0.3 is 0 Å². The Labute approximate surface area is 141 Å². The Kier molecular flexibility index (Phi) is 4.22. The van der Waals surface area contributed by atoms with E-state index < -0.39 is 0 Å². The number of Topliss-reactive ketones (excluding diaryl/α,β-unsaturated/α-hetero) is 2. The number of hydrogen-bond acceptors (Lipinski definition) is 4. The van der Waals surface area contributed by atoms with Crippen molar-refractivity contribution >= 4 is 22.7 Å². The molecule has 1 aromatic heterocycles. The number of hydrogen-bond donors (Lipinski definition) is 0. The fraction of sp³-hybridized carbons (Fsp3) is 0.350. The smallest absolute Gasteiger partial charge is 0.195 e. The van der Waals surface area contributed by atoms with Crippen molar-refractivity contribution in [3.63, 3.8) is 0 Å². The highest BCUT2D eigenvalue weighted by Gasteiger charge is 2.27. The van der Waals surface area contributed by atoms with Crippen LogP contribution in [0.15, 0.2) is 44.9 Å². The molecule has 0 saturated carbocycles. The molecule has 124 valence electrons. The molecule has 1 aliphatic rings. The Hall–Kier alpha value is -2.49. The van der Waals surface area contributed by atoms with Crippen LogP contribution in [0.5, 0.6) is 0 Å². The van der Waals surface area contributed by atoms with Gasteiger partial charge in [-0.1, -0.05) is 12.1 Å². The van der Waals surface area contributed by atoms with Crippen LogP contribution in [0.4, 0.5) is 0 Å². The zero-order valence-electron chi connectivity index (χ0n) is 14.5. The van der Waals surface area contributed by atoms with E-state index in [1.165, 1.54) is 0 Å². The Bertz CT molecular complexity index is 912. The lowest BCUT2D eigenvalue weighted by Crippen LogP contribution is -2.20. The Morgan fingerprint density at radius 2 is 1.62 bits per heavy atom.